The third-order valence-electron chi connectivity index (χ3n) is 4.89. The van der Waals surface area contributed by atoms with Crippen molar-refractivity contribution in [2.24, 2.45) is 0 Å². The molecule has 1 aliphatic heterocycles. The van der Waals surface area contributed by atoms with Crippen molar-refractivity contribution < 1.29 is 4.79 Å². The number of benzene rings is 1. The van der Waals surface area contributed by atoms with Gasteiger partial charge >= 0.3 is 0 Å². The zero-order chi connectivity index (χ0) is 18.5. The van der Waals surface area contributed by atoms with Gasteiger partial charge in [0, 0.05) is 43.6 Å². The second-order valence-electron chi connectivity index (χ2n) is 6.77. The van der Waals surface area contributed by atoms with Gasteiger partial charge in [0.15, 0.2) is 5.69 Å². The maximum Gasteiger partial charge on any atom is 0.274 e. The first-order valence-corrected chi connectivity index (χ1v) is 9.18. The van der Waals surface area contributed by atoms with Crippen molar-refractivity contribution in [3.8, 4) is 11.3 Å². The van der Waals surface area contributed by atoms with Gasteiger partial charge in [0.25, 0.3) is 5.91 Å². The second kappa shape index (κ2) is 8.09. The molecule has 1 fully saturated rings. The van der Waals surface area contributed by atoms with Crippen molar-refractivity contribution >= 4 is 5.91 Å². The molecule has 4 rings (SSSR count). The van der Waals surface area contributed by atoms with Crippen molar-refractivity contribution in [2.75, 3.05) is 13.1 Å². The third kappa shape index (κ3) is 4.20. The van der Waals surface area contributed by atoms with Crippen LogP contribution in [0.4, 0.5) is 0 Å². The van der Waals surface area contributed by atoms with E-state index in [4.69, 9.17) is 0 Å². The van der Waals surface area contributed by atoms with Crippen LogP contribution in [0.2, 0.25) is 0 Å². The van der Waals surface area contributed by atoms with E-state index < -0.39 is 0 Å². The maximum atomic E-state index is 12.7. The summed E-state index contributed by atoms with van der Waals surface area (Å²) in [6.07, 6.45) is 5.50. The predicted molar refractivity (Wildman–Crippen MR) is 102 cm³/mol. The van der Waals surface area contributed by atoms with Crippen molar-refractivity contribution in [2.45, 2.75) is 25.4 Å². The van der Waals surface area contributed by atoms with Gasteiger partial charge in [-0.15, -0.1) is 0 Å². The highest BCUT2D eigenvalue weighted by atomic mass is 16.2. The number of aromatic amines is 1. The number of rotatable bonds is 5. The van der Waals surface area contributed by atoms with Crippen LogP contribution < -0.4 is 5.32 Å². The van der Waals surface area contributed by atoms with Crippen LogP contribution in [0.3, 0.4) is 0 Å². The molecule has 7 heteroatoms. The molecule has 0 radical (unpaired) electrons. The molecule has 3 aromatic rings. The Morgan fingerprint density at radius 2 is 1.81 bits per heavy atom. The van der Waals surface area contributed by atoms with Crippen molar-refractivity contribution in [1.29, 1.82) is 0 Å². The number of hydrogen-bond donors (Lipinski definition) is 2. The van der Waals surface area contributed by atoms with Gasteiger partial charge in [-0.2, -0.15) is 15.4 Å². The van der Waals surface area contributed by atoms with Crippen LogP contribution in [0, 0.1) is 0 Å². The number of nitrogens with one attached hydrogen (secondary N) is 2. The molecule has 1 amide bonds. The largest absolute Gasteiger partial charge is 0.348 e. The van der Waals surface area contributed by atoms with E-state index in [1.54, 1.807) is 0 Å². The number of nitrogens with zero attached hydrogens (tertiary/aromatic N) is 4. The number of likely N-dealkylation sites (tertiary alicyclic amines) is 1. The normalized spacial score (nSPS) is 15.6. The van der Waals surface area contributed by atoms with Gasteiger partial charge in [0.1, 0.15) is 5.69 Å². The predicted octanol–water partition coefficient (Wildman–Crippen LogP) is 2.26. The van der Waals surface area contributed by atoms with Gasteiger partial charge in [-0.3, -0.25) is 14.7 Å². The molecule has 1 saturated heterocycles. The molecule has 0 unspecified atom stereocenters. The van der Waals surface area contributed by atoms with E-state index in [1.165, 1.54) is 5.56 Å². The molecule has 3 heterocycles. The fourth-order valence-electron chi connectivity index (χ4n) is 3.42. The van der Waals surface area contributed by atoms with Crippen LogP contribution in [0.25, 0.3) is 11.3 Å². The van der Waals surface area contributed by atoms with E-state index in [0.717, 1.165) is 38.0 Å². The summed E-state index contributed by atoms with van der Waals surface area (Å²) in [5.41, 5.74) is 3.08. The number of pyridine rings is 1. The second-order valence-corrected chi connectivity index (χ2v) is 6.77. The smallest absolute Gasteiger partial charge is 0.274 e. The first kappa shape index (κ1) is 17.4. The fourth-order valence-corrected chi connectivity index (χ4v) is 3.42. The van der Waals surface area contributed by atoms with Crippen molar-refractivity contribution in [3.63, 3.8) is 0 Å². The maximum absolute atomic E-state index is 12.7. The zero-order valence-electron chi connectivity index (χ0n) is 15.0. The highest BCUT2D eigenvalue weighted by Gasteiger charge is 2.24. The summed E-state index contributed by atoms with van der Waals surface area (Å²) in [5, 5.41) is 13.9. The molecule has 0 aliphatic carbocycles. The van der Waals surface area contributed by atoms with Crippen molar-refractivity contribution in [1.82, 2.24) is 30.6 Å². The Hall–Kier alpha value is -3.06. The van der Waals surface area contributed by atoms with E-state index in [0.29, 0.717) is 11.4 Å². The number of carbonyl (C=O) groups is 1. The molecule has 0 spiro atoms. The Kier molecular flexibility index (Phi) is 5.20. The van der Waals surface area contributed by atoms with Gasteiger partial charge in [-0.25, -0.2) is 0 Å². The van der Waals surface area contributed by atoms with Crippen LogP contribution in [-0.4, -0.2) is 50.3 Å². The van der Waals surface area contributed by atoms with Crippen LogP contribution in [0.15, 0.2) is 54.9 Å². The Labute approximate surface area is 157 Å². The molecule has 2 aromatic heterocycles. The number of hydrogen-bond acceptors (Lipinski definition) is 5. The van der Waals surface area contributed by atoms with E-state index >= 15 is 0 Å². The molecule has 0 atom stereocenters. The average molecular weight is 362 g/mol. The summed E-state index contributed by atoms with van der Waals surface area (Å²) in [5.74, 6) is -0.171. The minimum atomic E-state index is -0.171. The monoisotopic (exact) mass is 362 g/mol. The molecule has 2 N–H and O–H groups in total. The SMILES string of the molecule is O=C(NC1CCN(Cc2ccncc2)CC1)c1n[nH]nc1-c1ccccc1. The average Bonchev–Trinajstić information content (AvgIpc) is 3.21. The Bertz CT molecular complexity index is 872. The molecule has 7 nitrogen and oxygen atoms in total. The molecular formula is C20H22N6O. The topological polar surface area (TPSA) is 86.8 Å². The Morgan fingerprint density at radius 3 is 2.56 bits per heavy atom. The van der Waals surface area contributed by atoms with E-state index in [1.807, 2.05) is 54.9 Å². The van der Waals surface area contributed by atoms with Gasteiger partial charge in [-0.05, 0) is 30.5 Å². The third-order valence-corrected chi connectivity index (χ3v) is 4.89. The van der Waals surface area contributed by atoms with Gasteiger partial charge in [0.2, 0.25) is 0 Å². The van der Waals surface area contributed by atoms with Crippen molar-refractivity contribution in [3.05, 3.63) is 66.1 Å². The van der Waals surface area contributed by atoms with Gasteiger partial charge in [0.05, 0.1) is 0 Å². The molecule has 138 valence electrons. The number of carbonyl (C=O) groups excluding carboxylic acids is 1. The van der Waals surface area contributed by atoms with Gasteiger partial charge < -0.3 is 5.32 Å². The molecule has 0 bridgehead atoms. The standard InChI is InChI=1S/C20H22N6O/c27-20(19-18(23-25-24-19)16-4-2-1-3-5-16)22-17-8-12-26(13-9-17)14-15-6-10-21-11-7-15/h1-7,10-11,17H,8-9,12-14H2,(H,22,27)(H,23,24,25). The van der Waals surface area contributed by atoms with Gasteiger partial charge in [-0.1, -0.05) is 30.3 Å². The first-order chi connectivity index (χ1) is 13.3. The number of aromatic nitrogens is 4. The number of piperidine rings is 1. The lowest BCUT2D eigenvalue weighted by molar-refractivity contribution is 0.0904. The zero-order valence-corrected chi connectivity index (χ0v) is 15.0. The summed E-state index contributed by atoms with van der Waals surface area (Å²) >= 11 is 0. The minimum Gasteiger partial charge on any atom is -0.348 e. The lowest BCUT2D eigenvalue weighted by Crippen LogP contribution is -2.44. The highest BCUT2D eigenvalue weighted by molar-refractivity contribution is 5.98. The van der Waals surface area contributed by atoms with E-state index in [-0.39, 0.29) is 11.9 Å². The lowest BCUT2D eigenvalue weighted by atomic mass is 10.0. The first-order valence-electron chi connectivity index (χ1n) is 9.18. The number of H-pyrrole nitrogens is 1. The quantitative estimate of drug-likeness (QED) is 0.727. The summed E-state index contributed by atoms with van der Waals surface area (Å²) in [4.78, 5) is 19.1. The van der Waals surface area contributed by atoms with Crippen LogP contribution in [-0.2, 0) is 6.54 Å². The highest BCUT2D eigenvalue weighted by Crippen LogP contribution is 2.20. The molecular weight excluding hydrogens is 340 g/mol. The number of amides is 1. The summed E-state index contributed by atoms with van der Waals surface area (Å²) in [7, 11) is 0. The van der Waals surface area contributed by atoms with Crippen LogP contribution in [0.1, 0.15) is 28.9 Å². The molecule has 0 saturated carbocycles. The minimum absolute atomic E-state index is 0.159. The Morgan fingerprint density at radius 1 is 1.07 bits per heavy atom. The summed E-state index contributed by atoms with van der Waals surface area (Å²) in [6.45, 7) is 2.83. The fraction of sp³-hybridized carbons (Fsp3) is 0.300. The van der Waals surface area contributed by atoms with E-state index in [2.05, 4.69) is 30.6 Å². The summed E-state index contributed by atoms with van der Waals surface area (Å²) < 4.78 is 0. The van der Waals surface area contributed by atoms with Crippen LogP contribution in [0.5, 0.6) is 0 Å². The molecule has 1 aromatic carbocycles. The van der Waals surface area contributed by atoms with Crippen LogP contribution >= 0.6 is 0 Å². The lowest BCUT2D eigenvalue weighted by Gasteiger charge is -2.32. The Balaban J connectivity index is 1.33. The van der Waals surface area contributed by atoms with E-state index in [9.17, 15) is 4.79 Å². The summed E-state index contributed by atoms with van der Waals surface area (Å²) in [6, 6.07) is 13.9. The molecule has 27 heavy (non-hydrogen) atoms. The molecule has 1 aliphatic rings.